The van der Waals surface area contributed by atoms with E-state index >= 15 is 0 Å². The number of esters is 4. The monoisotopic (exact) mass is 992 g/mol. The molecular weight excluding hydrogens is 923 g/mol. The smallest absolute Gasteiger partial charge is 0.456 e. The molecule has 10 atom stereocenters. The topological polar surface area (TPSA) is 252 Å². The van der Waals surface area contributed by atoms with E-state index in [1.54, 1.807) is 0 Å². The molecule has 2 heterocycles. The number of aliphatic hydroxyl groups is 2. The standard InChI is InChI=1S/C20H26O8.C14H18O4.C7H10O3.C6H8O4.C2H7P/c1-13(21)18(22)26-14(2)19(23)27-16-10-6-7-11-17(16)28-20(24)25-12-15-8-4-3-5-9-15;15-12-8-4-5-9-13(12)18-14(16)17-10-11-6-2-1-3-7-11;8-7-9-5-3-1-2-4-6(5)10-7;1-3-5(7)10-4(2)6(8)9-3;1-3-2/h3-5,8-9,13-14,16-17,21H,6-7,10-12H2,1-2H3;1-3,6-7,12-13,15H,4-5,8-10H2;5-6H,1-4H2;3-4H,1-2H3;3H,1-2H3/t13-,14-,16-,17-;12-,13-;5-,6-;3-,4-;/m0010./s1. The first-order chi connectivity index (χ1) is 33.0. The van der Waals surface area contributed by atoms with E-state index in [1.807, 2.05) is 60.7 Å². The molecule has 3 saturated carbocycles. The van der Waals surface area contributed by atoms with Gasteiger partial charge in [-0.15, -0.1) is 8.58 Å². The number of hydrogen-bond donors (Lipinski definition) is 2. The number of ether oxygens (including phenoxy) is 10. The van der Waals surface area contributed by atoms with E-state index in [2.05, 4.69) is 22.8 Å². The summed E-state index contributed by atoms with van der Waals surface area (Å²) < 4.78 is 49.8. The van der Waals surface area contributed by atoms with Gasteiger partial charge >= 0.3 is 42.3 Å². The normalized spacial score (nSPS) is 25.2. The van der Waals surface area contributed by atoms with E-state index in [0.29, 0.717) is 25.7 Å². The molecule has 0 spiro atoms. The highest BCUT2D eigenvalue weighted by Crippen LogP contribution is 2.29. The third-order valence-corrected chi connectivity index (χ3v) is 10.8. The van der Waals surface area contributed by atoms with Gasteiger partial charge < -0.3 is 57.6 Å². The Morgan fingerprint density at radius 3 is 1.42 bits per heavy atom. The van der Waals surface area contributed by atoms with Crippen LogP contribution in [-0.2, 0) is 79.8 Å². The fourth-order valence-electron chi connectivity index (χ4n) is 7.11. The molecule has 2 saturated heterocycles. The number of carbonyl (C=O) groups is 7. The van der Waals surface area contributed by atoms with Gasteiger partial charge in [-0.1, -0.05) is 67.1 Å². The zero-order valence-corrected chi connectivity index (χ0v) is 41.3. The maximum atomic E-state index is 12.2. The second-order valence-corrected chi connectivity index (χ2v) is 17.7. The molecule has 20 heteroatoms. The van der Waals surface area contributed by atoms with Crippen molar-refractivity contribution in [1.29, 1.82) is 0 Å². The van der Waals surface area contributed by atoms with E-state index in [-0.39, 0.29) is 25.4 Å². The summed E-state index contributed by atoms with van der Waals surface area (Å²) in [5.41, 5.74) is 1.75. The van der Waals surface area contributed by atoms with Crippen LogP contribution in [0.15, 0.2) is 60.7 Å². The Labute approximate surface area is 405 Å². The summed E-state index contributed by atoms with van der Waals surface area (Å²) in [6.07, 6.45) is 2.28. The highest BCUT2D eigenvalue weighted by atomic mass is 31.1. The molecule has 5 fully saturated rings. The third-order valence-electron chi connectivity index (χ3n) is 10.8. The maximum Gasteiger partial charge on any atom is 0.509 e. The maximum absolute atomic E-state index is 12.2. The van der Waals surface area contributed by atoms with Crippen LogP contribution in [0, 0.1) is 0 Å². The summed E-state index contributed by atoms with van der Waals surface area (Å²) in [6.45, 7) is 10.1. The van der Waals surface area contributed by atoms with Crippen LogP contribution in [-0.4, -0.2) is 127 Å². The summed E-state index contributed by atoms with van der Waals surface area (Å²) in [7, 11) is 1.08. The van der Waals surface area contributed by atoms with Crippen LogP contribution in [0.3, 0.4) is 0 Å². The van der Waals surface area contributed by atoms with Crippen LogP contribution in [0.25, 0.3) is 0 Å². The summed E-state index contributed by atoms with van der Waals surface area (Å²) in [5.74, 6) is -2.63. The van der Waals surface area contributed by atoms with Crippen LogP contribution in [0.5, 0.6) is 0 Å². The zero-order chi connectivity index (χ0) is 50.7. The lowest BCUT2D eigenvalue weighted by Crippen LogP contribution is -2.41. The molecule has 3 aliphatic carbocycles. The number of hydrogen-bond acceptors (Lipinski definition) is 19. The first kappa shape index (κ1) is 57.8. The van der Waals surface area contributed by atoms with E-state index < -0.39 is 91.2 Å². The van der Waals surface area contributed by atoms with Gasteiger partial charge in [0, 0.05) is 0 Å². The van der Waals surface area contributed by atoms with Crippen LogP contribution < -0.4 is 0 Å². The first-order valence-corrected chi connectivity index (χ1v) is 25.4. The van der Waals surface area contributed by atoms with Crippen LogP contribution in [0.2, 0.25) is 0 Å². The van der Waals surface area contributed by atoms with Crippen molar-refractivity contribution in [3.63, 3.8) is 0 Å². The molecule has 19 nitrogen and oxygen atoms in total. The Bertz CT molecular complexity index is 1840. The molecule has 5 aliphatic rings. The zero-order valence-electron chi connectivity index (χ0n) is 40.3. The molecule has 2 aromatic carbocycles. The minimum absolute atomic E-state index is 0.0706. The molecule has 384 valence electrons. The molecule has 0 radical (unpaired) electrons. The number of fused-ring (bicyclic) bond motifs is 1. The van der Waals surface area contributed by atoms with Crippen molar-refractivity contribution in [2.45, 2.75) is 179 Å². The van der Waals surface area contributed by atoms with Crippen molar-refractivity contribution < 1.29 is 91.1 Å². The first-order valence-electron chi connectivity index (χ1n) is 23.4. The number of benzene rings is 2. The van der Waals surface area contributed by atoms with Crippen molar-refractivity contribution in [3.8, 4) is 0 Å². The number of cyclic esters (lactones) is 2. The number of aliphatic hydroxyl groups excluding tert-OH is 2. The number of carbonyl (C=O) groups excluding carboxylic acids is 7. The Morgan fingerprint density at radius 1 is 0.594 bits per heavy atom. The molecule has 0 amide bonds. The lowest BCUT2D eigenvalue weighted by atomic mass is 9.94. The average Bonchev–Trinajstić information content (AvgIpc) is 3.72. The predicted molar refractivity (Wildman–Crippen MR) is 248 cm³/mol. The molecule has 0 aromatic heterocycles. The van der Waals surface area contributed by atoms with Crippen LogP contribution in [0.4, 0.5) is 14.4 Å². The van der Waals surface area contributed by atoms with Crippen molar-refractivity contribution in [1.82, 2.24) is 0 Å². The van der Waals surface area contributed by atoms with Gasteiger partial charge in [0.25, 0.3) is 0 Å². The van der Waals surface area contributed by atoms with Crippen molar-refractivity contribution in [2.75, 3.05) is 13.3 Å². The van der Waals surface area contributed by atoms with Crippen LogP contribution >= 0.6 is 8.58 Å². The lowest BCUT2D eigenvalue weighted by Gasteiger charge is -2.31. The van der Waals surface area contributed by atoms with Crippen molar-refractivity contribution in [2.24, 2.45) is 0 Å². The number of rotatable bonds is 10. The fourth-order valence-corrected chi connectivity index (χ4v) is 7.11. The molecule has 69 heavy (non-hydrogen) atoms. The van der Waals surface area contributed by atoms with Gasteiger partial charge in [0.1, 0.15) is 49.8 Å². The van der Waals surface area contributed by atoms with Gasteiger partial charge in [0.15, 0.2) is 18.3 Å². The van der Waals surface area contributed by atoms with E-state index in [1.165, 1.54) is 27.7 Å². The molecule has 7 rings (SSSR count). The Balaban J connectivity index is 0.000000260. The van der Waals surface area contributed by atoms with Gasteiger partial charge in [-0.05, 0) is 123 Å². The molecule has 0 unspecified atom stereocenters. The summed E-state index contributed by atoms with van der Waals surface area (Å²) in [4.78, 5) is 78.9. The largest absolute Gasteiger partial charge is 0.509 e. The fraction of sp³-hybridized carbons (Fsp3) is 0.612. The quantitative estimate of drug-likeness (QED) is 0.134. The lowest BCUT2D eigenvalue weighted by molar-refractivity contribution is -0.191. The molecule has 0 bridgehead atoms. The van der Waals surface area contributed by atoms with Gasteiger partial charge in [-0.2, -0.15) is 0 Å². The van der Waals surface area contributed by atoms with E-state index in [9.17, 15) is 38.7 Å². The molecule has 2 N–H and O–H groups in total. The Morgan fingerprint density at radius 2 is 0.986 bits per heavy atom. The minimum Gasteiger partial charge on any atom is -0.456 e. The summed E-state index contributed by atoms with van der Waals surface area (Å²) in [5, 5.41) is 18.8. The minimum atomic E-state index is -1.33. The predicted octanol–water partition coefficient (Wildman–Crippen LogP) is 7.40. The molecule has 2 aromatic rings. The van der Waals surface area contributed by atoms with Gasteiger partial charge in [0.2, 0.25) is 0 Å². The third kappa shape index (κ3) is 22.2. The SMILES string of the molecule is CPC.C[C@@H]1OC(=O)[C@H](C)OC1=O.C[C@H](O)C(=O)O[C@@H](C)C(=O)O[C@H]1CCCC[C@@H]1OC(=O)OCc1ccccc1.O=C(OCc1ccccc1)O[C@H]1CCCC[C@@H]1O.O=C1O[C@@H]2CCCC[C@H]2O1. The second kappa shape index (κ2) is 31.6. The van der Waals surface area contributed by atoms with E-state index in [4.69, 9.17) is 43.0 Å². The average molecular weight is 993 g/mol. The highest BCUT2D eigenvalue weighted by molar-refractivity contribution is 7.35. The second-order valence-electron chi connectivity index (χ2n) is 16.7. The van der Waals surface area contributed by atoms with Crippen LogP contribution in [0.1, 0.15) is 116 Å². The van der Waals surface area contributed by atoms with Gasteiger partial charge in [-0.25, -0.2) is 33.6 Å². The highest BCUT2D eigenvalue weighted by Gasteiger charge is 2.38. The molecular formula is C49H69O19P. The molecule has 2 aliphatic heterocycles. The summed E-state index contributed by atoms with van der Waals surface area (Å²) >= 11 is 0. The van der Waals surface area contributed by atoms with Gasteiger partial charge in [-0.3, -0.25) is 0 Å². The summed E-state index contributed by atoms with van der Waals surface area (Å²) in [6, 6.07) is 18.6. The Hall–Kier alpha value is -5.52. The van der Waals surface area contributed by atoms with Gasteiger partial charge in [0.05, 0.1) is 6.10 Å². The Kier molecular flexibility index (Phi) is 26.5. The van der Waals surface area contributed by atoms with Crippen molar-refractivity contribution >= 4 is 50.9 Å². The van der Waals surface area contributed by atoms with E-state index in [0.717, 1.165) is 71.1 Å². The van der Waals surface area contributed by atoms with Crippen molar-refractivity contribution in [3.05, 3.63) is 71.8 Å².